The molecule has 126 valence electrons. The molecule has 26 heavy (non-hydrogen) atoms. The summed E-state index contributed by atoms with van der Waals surface area (Å²) in [4.78, 5) is 25.5. The van der Waals surface area contributed by atoms with Gasteiger partial charge in [-0.3, -0.25) is 9.59 Å². The summed E-state index contributed by atoms with van der Waals surface area (Å²) in [5, 5.41) is 19.6. The van der Waals surface area contributed by atoms with Gasteiger partial charge in [-0.25, -0.2) is 5.10 Å². The first kappa shape index (κ1) is 14.5. The first-order chi connectivity index (χ1) is 12.6. The maximum Gasteiger partial charge on any atom is 0.258 e. The van der Waals surface area contributed by atoms with Crippen molar-refractivity contribution in [2.24, 2.45) is 0 Å². The number of nitrogens with one attached hydrogen (secondary N) is 3. The Kier molecular flexibility index (Phi) is 2.84. The maximum atomic E-state index is 13.0. The molecular formula is C18H12N6O2. The van der Waals surface area contributed by atoms with E-state index in [1.807, 2.05) is 31.2 Å². The second-order valence-electron chi connectivity index (χ2n) is 6.17. The van der Waals surface area contributed by atoms with Crippen LogP contribution in [0.1, 0.15) is 21.5 Å². The van der Waals surface area contributed by atoms with Crippen LogP contribution in [-0.4, -0.2) is 32.3 Å². The molecule has 0 spiro atoms. The Balaban J connectivity index is 1.65. The number of nitrogens with zero attached hydrogens (tertiary/aromatic N) is 3. The molecule has 2 aromatic carbocycles. The van der Waals surface area contributed by atoms with Gasteiger partial charge in [0, 0.05) is 22.4 Å². The number of ketones is 1. The Morgan fingerprint density at radius 1 is 1.00 bits per heavy atom. The summed E-state index contributed by atoms with van der Waals surface area (Å²) in [6.07, 6.45) is 0. The number of para-hydroxylation sites is 1. The Bertz CT molecular complexity index is 1130. The van der Waals surface area contributed by atoms with E-state index in [0.29, 0.717) is 28.2 Å². The zero-order valence-electron chi connectivity index (χ0n) is 13.6. The predicted molar refractivity (Wildman–Crippen MR) is 94.3 cm³/mol. The van der Waals surface area contributed by atoms with Gasteiger partial charge in [-0.05, 0) is 41.1 Å². The van der Waals surface area contributed by atoms with Crippen molar-refractivity contribution in [3.05, 3.63) is 58.8 Å². The van der Waals surface area contributed by atoms with Gasteiger partial charge in [-0.2, -0.15) is 0 Å². The van der Waals surface area contributed by atoms with Gasteiger partial charge >= 0.3 is 0 Å². The molecule has 0 atom stereocenters. The van der Waals surface area contributed by atoms with E-state index in [1.165, 1.54) is 0 Å². The van der Waals surface area contributed by atoms with E-state index >= 15 is 0 Å². The molecule has 0 aliphatic carbocycles. The second kappa shape index (κ2) is 5.09. The van der Waals surface area contributed by atoms with E-state index < -0.39 is 0 Å². The molecule has 3 N–H and O–H groups in total. The van der Waals surface area contributed by atoms with Crippen LogP contribution in [0.15, 0.2) is 42.1 Å². The monoisotopic (exact) mass is 344 g/mol. The minimum Gasteiger partial charge on any atom is -0.351 e. The van der Waals surface area contributed by atoms with Crippen molar-refractivity contribution in [2.45, 2.75) is 6.92 Å². The van der Waals surface area contributed by atoms with Gasteiger partial charge in [-0.15, -0.1) is 5.10 Å². The Hall–Kier alpha value is -3.81. The maximum absolute atomic E-state index is 13.0. The van der Waals surface area contributed by atoms with E-state index in [0.717, 1.165) is 16.8 Å². The fourth-order valence-electron chi connectivity index (χ4n) is 3.36. The van der Waals surface area contributed by atoms with Crippen molar-refractivity contribution in [3.63, 3.8) is 0 Å². The standard InChI is InChI=1S/C18H12N6O2/c1-8-3-2-4-10-13(18(26)20-14(8)10)15-16(25)11-7-9(5-6-12(11)19-15)17-21-23-24-22-17/h2-7,19H,1H3,(H,20,26)(H,21,22,23,24)/b15-13-. The number of hydrogen-bond acceptors (Lipinski definition) is 6. The average Bonchev–Trinajstić information content (AvgIpc) is 3.34. The minimum atomic E-state index is -0.280. The van der Waals surface area contributed by atoms with E-state index in [2.05, 4.69) is 31.3 Å². The Labute approximate surface area is 147 Å². The molecule has 0 bridgehead atoms. The van der Waals surface area contributed by atoms with Crippen LogP contribution in [0.2, 0.25) is 0 Å². The molecule has 8 heteroatoms. The first-order valence-corrected chi connectivity index (χ1v) is 7.99. The topological polar surface area (TPSA) is 113 Å². The van der Waals surface area contributed by atoms with Crippen molar-refractivity contribution in [1.29, 1.82) is 0 Å². The summed E-state index contributed by atoms with van der Waals surface area (Å²) in [7, 11) is 0. The van der Waals surface area contributed by atoms with Crippen LogP contribution in [0, 0.1) is 6.92 Å². The van der Waals surface area contributed by atoms with E-state index in [4.69, 9.17) is 0 Å². The van der Waals surface area contributed by atoms with Crippen molar-refractivity contribution < 1.29 is 9.59 Å². The van der Waals surface area contributed by atoms with Gasteiger partial charge in [0.2, 0.25) is 5.78 Å². The van der Waals surface area contributed by atoms with Crippen molar-refractivity contribution >= 4 is 28.6 Å². The number of hydrogen-bond donors (Lipinski definition) is 3. The number of amides is 1. The lowest BCUT2D eigenvalue weighted by Crippen LogP contribution is -2.11. The number of aromatic amines is 1. The molecule has 0 radical (unpaired) electrons. The predicted octanol–water partition coefficient (Wildman–Crippen LogP) is 2.15. The molecule has 0 fully saturated rings. The summed E-state index contributed by atoms with van der Waals surface area (Å²) in [5.41, 5.74) is 4.93. The van der Waals surface area contributed by atoms with Crippen LogP contribution < -0.4 is 10.6 Å². The summed E-state index contributed by atoms with van der Waals surface area (Å²) in [6, 6.07) is 10.9. The van der Waals surface area contributed by atoms with E-state index in [-0.39, 0.29) is 17.4 Å². The lowest BCUT2D eigenvalue weighted by molar-refractivity contribution is -0.110. The molecule has 0 saturated heterocycles. The SMILES string of the molecule is Cc1cccc2c1NC(=O)/C2=C1\Nc2ccc(-c3nnn[nH]3)cc2C1=O. The number of carbonyl (C=O) groups excluding carboxylic acids is 2. The molecule has 5 rings (SSSR count). The molecule has 2 aliphatic heterocycles. The average molecular weight is 344 g/mol. The van der Waals surface area contributed by atoms with Crippen molar-refractivity contribution in [3.8, 4) is 11.4 Å². The Morgan fingerprint density at radius 2 is 1.88 bits per heavy atom. The lowest BCUT2D eigenvalue weighted by Gasteiger charge is -2.04. The Morgan fingerprint density at radius 3 is 2.69 bits per heavy atom. The number of rotatable bonds is 1. The van der Waals surface area contributed by atoms with Crippen LogP contribution in [0.4, 0.5) is 11.4 Å². The summed E-state index contributed by atoms with van der Waals surface area (Å²) in [5.74, 6) is -0.0345. The first-order valence-electron chi connectivity index (χ1n) is 7.99. The van der Waals surface area contributed by atoms with Crippen LogP contribution in [-0.2, 0) is 4.79 Å². The third-order valence-electron chi connectivity index (χ3n) is 4.63. The smallest absolute Gasteiger partial charge is 0.258 e. The number of benzene rings is 2. The number of aryl methyl sites for hydroxylation is 1. The van der Waals surface area contributed by atoms with Crippen LogP contribution >= 0.6 is 0 Å². The van der Waals surface area contributed by atoms with Gasteiger partial charge in [-0.1, -0.05) is 18.2 Å². The highest BCUT2D eigenvalue weighted by molar-refractivity contribution is 6.39. The molecule has 2 aliphatic rings. The highest BCUT2D eigenvalue weighted by Crippen LogP contribution is 2.40. The highest BCUT2D eigenvalue weighted by atomic mass is 16.2. The fourth-order valence-corrected chi connectivity index (χ4v) is 3.36. The highest BCUT2D eigenvalue weighted by Gasteiger charge is 2.35. The third-order valence-corrected chi connectivity index (χ3v) is 4.63. The zero-order valence-corrected chi connectivity index (χ0v) is 13.6. The number of aromatic nitrogens is 4. The van der Waals surface area contributed by atoms with Gasteiger partial charge in [0.1, 0.15) is 5.70 Å². The number of Topliss-reactive ketones (excluding diaryl/α,β-unsaturated/α-hetero) is 1. The van der Waals surface area contributed by atoms with Crippen LogP contribution in [0.25, 0.3) is 17.0 Å². The quantitative estimate of drug-likeness (QED) is 0.583. The molecule has 3 aromatic rings. The van der Waals surface area contributed by atoms with Gasteiger partial charge in [0.15, 0.2) is 5.82 Å². The molecule has 8 nitrogen and oxygen atoms in total. The van der Waals surface area contributed by atoms with Crippen LogP contribution in [0.5, 0.6) is 0 Å². The summed E-state index contributed by atoms with van der Waals surface area (Å²) < 4.78 is 0. The number of carbonyl (C=O) groups is 2. The molecule has 1 aromatic heterocycles. The fraction of sp³-hybridized carbons (Fsp3) is 0.0556. The van der Waals surface area contributed by atoms with Crippen LogP contribution in [0.3, 0.4) is 0 Å². The van der Waals surface area contributed by atoms with Gasteiger partial charge < -0.3 is 10.6 Å². The number of H-pyrrole nitrogens is 1. The molecule has 0 saturated carbocycles. The van der Waals surface area contributed by atoms with Gasteiger partial charge in [0.05, 0.1) is 11.3 Å². The molecular weight excluding hydrogens is 332 g/mol. The lowest BCUT2D eigenvalue weighted by atomic mass is 10.00. The zero-order chi connectivity index (χ0) is 17.8. The van der Waals surface area contributed by atoms with Crippen molar-refractivity contribution in [2.75, 3.05) is 10.6 Å². The third kappa shape index (κ3) is 1.92. The number of fused-ring (bicyclic) bond motifs is 2. The normalized spacial score (nSPS) is 17.7. The van der Waals surface area contributed by atoms with Gasteiger partial charge in [0.25, 0.3) is 5.91 Å². The van der Waals surface area contributed by atoms with E-state index in [1.54, 1.807) is 12.1 Å². The number of anilines is 2. The molecule has 0 unspecified atom stereocenters. The summed E-state index contributed by atoms with van der Waals surface area (Å²) in [6.45, 7) is 1.92. The number of allylic oxidation sites excluding steroid dienone is 1. The molecule has 3 heterocycles. The minimum absolute atomic E-state index is 0.228. The van der Waals surface area contributed by atoms with Crippen molar-refractivity contribution in [1.82, 2.24) is 20.6 Å². The second-order valence-corrected chi connectivity index (χ2v) is 6.17. The molecule has 1 amide bonds. The van der Waals surface area contributed by atoms with E-state index in [9.17, 15) is 9.59 Å². The largest absolute Gasteiger partial charge is 0.351 e. The summed E-state index contributed by atoms with van der Waals surface area (Å²) >= 11 is 0. The number of tetrazole rings is 1.